The number of rotatable bonds is 3. The van der Waals surface area contributed by atoms with E-state index in [2.05, 4.69) is 4.98 Å². The summed E-state index contributed by atoms with van der Waals surface area (Å²) >= 11 is 0. The Kier molecular flexibility index (Phi) is 5.23. The summed E-state index contributed by atoms with van der Waals surface area (Å²) < 4.78 is 55.5. The van der Waals surface area contributed by atoms with Gasteiger partial charge in [0, 0.05) is 43.3 Å². The molecule has 1 saturated heterocycles. The fourth-order valence-electron chi connectivity index (χ4n) is 3.72. The normalized spacial score (nSPS) is 18.7. The smallest absolute Gasteiger partial charge is 0.243 e. The summed E-state index contributed by atoms with van der Waals surface area (Å²) in [6.07, 6.45) is 2.20. The Hall–Kier alpha value is -2.58. The lowest BCUT2D eigenvalue weighted by Gasteiger charge is -2.26. The van der Waals surface area contributed by atoms with Gasteiger partial charge in [0.1, 0.15) is 11.6 Å². The van der Waals surface area contributed by atoms with E-state index >= 15 is 0 Å². The van der Waals surface area contributed by atoms with Crippen molar-refractivity contribution in [2.75, 3.05) is 24.5 Å². The number of aromatic nitrogens is 1. The van der Waals surface area contributed by atoms with Crippen LogP contribution in [0.5, 0.6) is 0 Å². The van der Waals surface area contributed by atoms with Crippen molar-refractivity contribution >= 4 is 26.6 Å². The minimum atomic E-state index is -3.72. The van der Waals surface area contributed by atoms with Crippen molar-refractivity contribution in [2.45, 2.75) is 24.3 Å². The molecule has 0 N–H and O–H groups in total. The van der Waals surface area contributed by atoms with Gasteiger partial charge in [-0.2, -0.15) is 4.31 Å². The highest BCUT2D eigenvalue weighted by Crippen LogP contribution is 2.27. The van der Waals surface area contributed by atoms with Crippen molar-refractivity contribution in [1.82, 2.24) is 9.29 Å². The Labute approximate surface area is 168 Å². The highest BCUT2D eigenvalue weighted by Gasteiger charge is 2.32. The van der Waals surface area contributed by atoms with Crippen LogP contribution in [0.3, 0.4) is 0 Å². The maximum absolute atomic E-state index is 14.2. The van der Waals surface area contributed by atoms with Crippen LogP contribution >= 0.6 is 0 Å². The van der Waals surface area contributed by atoms with Gasteiger partial charge in [-0.1, -0.05) is 6.07 Å². The van der Waals surface area contributed by atoms with E-state index < -0.39 is 21.7 Å². The molecule has 2 heterocycles. The average Bonchev–Trinajstić information content (AvgIpc) is 2.90. The predicted molar refractivity (Wildman–Crippen MR) is 108 cm³/mol. The van der Waals surface area contributed by atoms with Crippen LogP contribution in [-0.4, -0.2) is 43.4 Å². The summed E-state index contributed by atoms with van der Waals surface area (Å²) in [6, 6.07) is 11.7. The second kappa shape index (κ2) is 7.68. The van der Waals surface area contributed by atoms with E-state index in [9.17, 15) is 17.2 Å². The SMILES string of the molecule is CC1CCN(c2ccc(F)cc2F)CCN1S(=O)(=O)c1ccc2ncccc2c1. The van der Waals surface area contributed by atoms with E-state index in [1.165, 1.54) is 16.4 Å². The molecule has 2 aromatic carbocycles. The minimum absolute atomic E-state index is 0.214. The van der Waals surface area contributed by atoms with Gasteiger partial charge in [0.05, 0.1) is 16.1 Å². The first-order valence-electron chi connectivity index (χ1n) is 9.43. The van der Waals surface area contributed by atoms with Crippen LogP contribution in [0.2, 0.25) is 0 Å². The van der Waals surface area contributed by atoms with Crippen LogP contribution in [0.15, 0.2) is 59.6 Å². The van der Waals surface area contributed by atoms with Crippen molar-refractivity contribution in [3.8, 4) is 0 Å². The molecule has 0 amide bonds. The standard InChI is InChI=1S/C21H21F2N3O2S/c1-15-8-10-25(21-7-4-17(22)14-19(21)23)11-12-26(15)29(27,28)18-5-6-20-16(13-18)3-2-9-24-20/h2-7,9,13-15H,8,10-12H2,1H3. The summed E-state index contributed by atoms with van der Waals surface area (Å²) in [4.78, 5) is 6.21. The van der Waals surface area contributed by atoms with E-state index in [4.69, 9.17) is 0 Å². The lowest BCUT2D eigenvalue weighted by atomic mass is 10.2. The second-order valence-corrected chi connectivity index (χ2v) is 9.08. The highest BCUT2D eigenvalue weighted by atomic mass is 32.2. The van der Waals surface area contributed by atoms with Crippen molar-refractivity contribution in [3.05, 3.63) is 66.4 Å². The minimum Gasteiger partial charge on any atom is -0.368 e. The molecular formula is C21H21F2N3O2S. The lowest BCUT2D eigenvalue weighted by molar-refractivity contribution is 0.350. The first-order valence-corrected chi connectivity index (χ1v) is 10.9. The number of halogens is 2. The van der Waals surface area contributed by atoms with Crippen LogP contribution < -0.4 is 4.90 Å². The molecule has 4 rings (SSSR count). The largest absolute Gasteiger partial charge is 0.368 e. The monoisotopic (exact) mass is 417 g/mol. The van der Waals surface area contributed by atoms with E-state index in [1.54, 1.807) is 35.4 Å². The number of hydrogen-bond donors (Lipinski definition) is 0. The molecule has 0 saturated carbocycles. The fourth-order valence-corrected chi connectivity index (χ4v) is 5.41. The van der Waals surface area contributed by atoms with Crippen molar-refractivity contribution in [3.63, 3.8) is 0 Å². The number of nitrogens with zero attached hydrogens (tertiary/aromatic N) is 3. The van der Waals surface area contributed by atoms with Gasteiger partial charge in [0.2, 0.25) is 10.0 Å². The Morgan fingerprint density at radius 3 is 2.66 bits per heavy atom. The fraction of sp³-hybridized carbons (Fsp3) is 0.286. The lowest BCUT2D eigenvalue weighted by Crippen LogP contribution is -2.39. The summed E-state index contributed by atoms with van der Waals surface area (Å²) in [5, 5.41) is 0.756. The van der Waals surface area contributed by atoms with E-state index in [0.717, 1.165) is 17.0 Å². The zero-order valence-electron chi connectivity index (χ0n) is 15.9. The van der Waals surface area contributed by atoms with Gasteiger partial charge in [-0.15, -0.1) is 0 Å². The molecular weight excluding hydrogens is 396 g/mol. The molecule has 152 valence electrons. The molecule has 1 atom stereocenters. The molecule has 1 aliphatic heterocycles. The first-order chi connectivity index (χ1) is 13.9. The van der Waals surface area contributed by atoms with Gasteiger partial charge in [-0.25, -0.2) is 17.2 Å². The number of sulfonamides is 1. The van der Waals surface area contributed by atoms with Gasteiger partial charge in [0.15, 0.2) is 0 Å². The summed E-state index contributed by atoms with van der Waals surface area (Å²) in [6.45, 7) is 2.87. The summed E-state index contributed by atoms with van der Waals surface area (Å²) in [5.41, 5.74) is 1.02. The van der Waals surface area contributed by atoms with Gasteiger partial charge in [0.25, 0.3) is 0 Å². The molecule has 1 fully saturated rings. The maximum atomic E-state index is 14.2. The third-order valence-corrected chi connectivity index (χ3v) is 7.34. The van der Waals surface area contributed by atoms with E-state index in [-0.39, 0.29) is 23.2 Å². The number of benzene rings is 2. The zero-order chi connectivity index (χ0) is 20.6. The van der Waals surface area contributed by atoms with Crippen LogP contribution in [-0.2, 0) is 10.0 Å². The number of pyridine rings is 1. The highest BCUT2D eigenvalue weighted by molar-refractivity contribution is 7.89. The topological polar surface area (TPSA) is 53.5 Å². The third kappa shape index (κ3) is 3.82. The molecule has 29 heavy (non-hydrogen) atoms. The molecule has 1 unspecified atom stereocenters. The Morgan fingerprint density at radius 2 is 1.86 bits per heavy atom. The predicted octanol–water partition coefficient (Wildman–Crippen LogP) is 3.80. The molecule has 0 aliphatic carbocycles. The van der Waals surface area contributed by atoms with Gasteiger partial charge in [-0.05, 0) is 49.7 Å². The van der Waals surface area contributed by atoms with Crippen LogP contribution in [0.25, 0.3) is 10.9 Å². The van der Waals surface area contributed by atoms with E-state index in [0.29, 0.717) is 19.5 Å². The maximum Gasteiger partial charge on any atom is 0.243 e. The quantitative estimate of drug-likeness (QED) is 0.651. The first kappa shape index (κ1) is 19.7. The molecule has 8 heteroatoms. The Bertz CT molecular complexity index is 1150. The Balaban J connectivity index is 1.62. The molecule has 1 aliphatic rings. The van der Waals surface area contributed by atoms with Crippen LogP contribution in [0, 0.1) is 11.6 Å². The number of fused-ring (bicyclic) bond motifs is 1. The molecule has 1 aromatic heterocycles. The third-order valence-electron chi connectivity index (χ3n) is 5.33. The zero-order valence-corrected chi connectivity index (χ0v) is 16.7. The van der Waals surface area contributed by atoms with Gasteiger partial charge in [-0.3, -0.25) is 4.98 Å². The summed E-state index contributed by atoms with van der Waals surface area (Å²) in [5.74, 6) is -1.28. The van der Waals surface area contributed by atoms with Crippen LogP contribution in [0.1, 0.15) is 13.3 Å². The summed E-state index contributed by atoms with van der Waals surface area (Å²) in [7, 11) is -3.72. The van der Waals surface area contributed by atoms with Gasteiger partial charge < -0.3 is 4.90 Å². The average molecular weight is 417 g/mol. The van der Waals surface area contributed by atoms with Crippen molar-refractivity contribution in [2.24, 2.45) is 0 Å². The van der Waals surface area contributed by atoms with Crippen molar-refractivity contribution < 1.29 is 17.2 Å². The van der Waals surface area contributed by atoms with Crippen LogP contribution in [0.4, 0.5) is 14.5 Å². The molecule has 0 spiro atoms. The van der Waals surface area contributed by atoms with Crippen molar-refractivity contribution in [1.29, 1.82) is 0 Å². The van der Waals surface area contributed by atoms with Gasteiger partial charge >= 0.3 is 0 Å². The molecule has 0 radical (unpaired) electrons. The van der Waals surface area contributed by atoms with E-state index in [1.807, 2.05) is 13.0 Å². The number of hydrogen-bond acceptors (Lipinski definition) is 4. The molecule has 0 bridgehead atoms. The number of anilines is 1. The molecule has 3 aromatic rings. The second-order valence-electron chi connectivity index (χ2n) is 7.19. The molecule has 5 nitrogen and oxygen atoms in total. The Morgan fingerprint density at radius 1 is 1.03 bits per heavy atom.